The summed E-state index contributed by atoms with van der Waals surface area (Å²) < 4.78 is 11.4. The van der Waals surface area contributed by atoms with Crippen LogP contribution in [0.3, 0.4) is 0 Å². The minimum Gasteiger partial charge on any atom is -0.489 e. The zero-order valence-corrected chi connectivity index (χ0v) is 16.8. The number of methoxy groups -OCH3 is 1. The summed E-state index contributed by atoms with van der Waals surface area (Å²) in [5.41, 5.74) is 0.719. The highest BCUT2D eigenvalue weighted by Gasteiger charge is 2.25. The molecule has 0 aliphatic carbocycles. The number of piperidine rings is 1. The van der Waals surface area contributed by atoms with Crippen molar-refractivity contribution in [2.45, 2.75) is 24.0 Å². The van der Waals surface area contributed by atoms with E-state index >= 15 is 0 Å². The normalized spacial score (nSPS) is 14.5. The molecule has 0 spiro atoms. The predicted octanol–water partition coefficient (Wildman–Crippen LogP) is 2.23. The SMILES string of the molecule is COc1c(Nc2ccc(SCCO)nc2)ncnc1OC1CCN(C(=O)O)CC1. The van der Waals surface area contributed by atoms with Crippen LogP contribution in [0.2, 0.25) is 0 Å². The highest BCUT2D eigenvalue weighted by Crippen LogP contribution is 2.34. The van der Waals surface area contributed by atoms with E-state index in [1.54, 1.807) is 6.20 Å². The molecule has 1 amide bonds. The fraction of sp³-hybridized carbons (Fsp3) is 0.444. The number of nitrogens with zero attached hydrogens (tertiary/aromatic N) is 4. The Hall–Kier alpha value is -2.79. The van der Waals surface area contributed by atoms with Crippen molar-refractivity contribution in [2.24, 2.45) is 0 Å². The number of rotatable bonds is 8. The van der Waals surface area contributed by atoms with Gasteiger partial charge >= 0.3 is 6.09 Å². The second-order valence-electron chi connectivity index (χ2n) is 6.23. The van der Waals surface area contributed by atoms with E-state index in [9.17, 15) is 4.79 Å². The second kappa shape index (κ2) is 10.1. The number of amides is 1. The first-order valence-corrected chi connectivity index (χ1v) is 10.1. The summed E-state index contributed by atoms with van der Waals surface area (Å²) in [6, 6.07) is 3.71. The lowest BCUT2D eigenvalue weighted by atomic mass is 10.1. The van der Waals surface area contributed by atoms with Crippen LogP contribution in [0.1, 0.15) is 12.8 Å². The first-order valence-electron chi connectivity index (χ1n) is 9.11. The first kappa shape index (κ1) is 20.9. The minimum absolute atomic E-state index is 0.0998. The smallest absolute Gasteiger partial charge is 0.407 e. The molecule has 1 aliphatic heterocycles. The lowest BCUT2D eigenvalue weighted by Crippen LogP contribution is -2.41. The van der Waals surface area contributed by atoms with E-state index < -0.39 is 6.09 Å². The quantitative estimate of drug-likeness (QED) is 0.545. The number of hydrogen-bond donors (Lipinski definition) is 3. The number of nitrogens with one attached hydrogen (secondary N) is 1. The summed E-state index contributed by atoms with van der Waals surface area (Å²) in [4.78, 5) is 25.1. The van der Waals surface area contributed by atoms with Crippen molar-refractivity contribution in [3.8, 4) is 11.6 Å². The number of aliphatic hydroxyl groups is 1. The number of carbonyl (C=O) groups is 1. The van der Waals surface area contributed by atoms with E-state index in [1.807, 2.05) is 12.1 Å². The van der Waals surface area contributed by atoms with Gasteiger partial charge in [-0.05, 0) is 12.1 Å². The Bertz CT molecular complexity index is 815. The summed E-state index contributed by atoms with van der Waals surface area (Å²) in [6.07, 6.45) is 3.16. The lowest BCUT2D eigenvalue weighted by molar-refractivity contribution is 0.0852. The molecule has 156 valence electrons. The number of thioether (sulfide) groups is 1. The Morgan fingerprint density at radius 2 is 2.10 bits per heavy atom. The molecule has 11 heteroatoms. The van der Waals surface area contributed by atoms with Gasteiger partial charge in [0, 0.05) is 31.7 Å². The van der Waals surface area contributed by atoms with Gasteiger partial charge in [-0.2, -0.15) is 4.98 Å². The van der Waals surface area contributed by atoms with Crippen molar-refractivity contribution >= 4 is 29.4 Å². The number of anilines is 2. The molecule has 3 heterocycles. The lowest BCUT2D eigenvalue weighted by Gasteiger charge is -2.30. The number of pyridine rings is 1. The average Bonchev–Trinajstić information content (AvgIpc) is 2.74. The van der Waals surface area contributed by atoms with Crippen LogP contribution in [-0.4, -0.2) is 74.8 Å². The maximum atomic E-state index is 11.0. The Balaban J connectivity index is 1.67. The monoisotopic (exact) mass is 421 g/mol. The molecule has 3 N–H and O–H groups in total. The van der Waals surface area contributed by atoms with Crippen LogP contribution in [0.4, 0.5) is 16.3 Å². The van der Waals surface area contributed by atoms with Crippen LogP contribution >= 0.6 is 11.8 Å². The van der Waals surface area contributed by atoms with Gasteiger partial charge in [0.05, 0.1) is 30.6 Å². The molecule has 1 aliphatic rings. The third kappa shape index (κ3) is 5.61. The predicted molar refractivity (Wildman–Crippen MR) is 107 cm³/mol. The maximum absolute atomic E-state index is 11.0. The number of ether oxygens (including phenoxy) is 2. The Kier molecular flexibility index (Phi) is 7.30. The van der Waals surface area contributed by atoms with Gasteiger partial charge in [-0.1, -0.05) is 0 Å². The highest BCUT2D eigenvalue weighted by atomic mass is 32.2. The van der Waals surface area contributed by atoms with E-state index in [1.165, 1.54) is 30.1 Å². The zero-order valence-electron chi connectivity index (χ0n) is 15.9. The number of hydrogen-bond acceptors (Lipinski definition) is 9. The van der Waals surface area contributed by atoms with E-state index in [-0.39, 0.29) is 12.7 Å². The Morgan fingerprint density at radius 1 is 1.31 bits per heavy atom. The van der Waals surface area contributed by atoms with Crippen molar-refractivity contribution in [1.82, 2.24) is 19.9 Å². The molecule has 2 aromatic heterocycles. The summed E-state index contributed by atoms with van der Waals surface area (Å²) in [5, 5.41) is 21.9. The first-order chi connectivity index (χ1) is 14.1. The van der Waals surface area contributed by atoms with Crippen molar-refractivity contribution in [3.05, 3.63) is 24.7 Å². The standard InChI is InChI=1S/C18H23N5O5S/c1-27-15-16(22-12-2-3-14(19-10-12)29-9-8-24)20-11-21-17(15)28-13-4-6-23(7-5-13)18(25)26/h2-3,10-11,13,24H,4-9H2,1H3,(H,25,26)(H,20,21,22). The van der Waals surface area contributed by atoms with Crippen LogP contribution in [0.25, 0.3) is 0 Å². The number of carboxylic acid groups (broad SMARTS) is 1. The van der Waals surface area contributed by atoms with E-state index in [2.05, 4.69) is 20.3 Å². The highest BCUT2D eigenvalue weighted by molar-refractivity contribution is 7.99. The summed E-state index contributed by atoms with van der Waals surface area (Å²) in [6.45, 7) is 0.943. The molecular weight excluding hydrogens is 398 g/mol. The van der Waals surface area contributed by atoms with Gasteiger partial charge in [-0.15, -0.1) is 11.8 Å². The van der Waals surface area contributed by atoms with Crippen molar-refractivity contribution in [3.63, 3.8) is 0 Å². The zero-order chi connectivity index (χ0) is 20.6. The van der Waals surface area contributed by atoms with Crippen LogP contribution in [0.15, 0.2) is 29.7 Å². The third-order valence-electron chi connectivity index (χ3n) is 4.31. The molecule has 0 bridgehead atoms. The van der Waals surface area contributed by atoms with Gasteiger partial charge in [-0.25, -0.2) is 14.8 Å². The Morgan fingerprint density at radius 3 is 2.72 bits per heavy atom. The minimum atomic E-state index is -0.913. The number of aromatic nitrogens is 3. The van der Waals surface area contributed by atoms with E-state index in [4.69, 9.17) is 19.7 Å². The molecule has 0 radical (unpaired) electrons. The molecule has 0 saturated carbocycles. The molecule has 2 aromatic rings. The maximum Gasteiger partial charge on any atom is 0.407 e. The Labute approximate surface area is 172 Å². The van der Waals surface area contributed by atoms with Gasteiger partial charge in [-0.3, -0.25) is 0 Å². The van der Waals surface area contributed by atoms with Crippen LogP contribution < -0.4 is 14.8 Å². The molecular formula is C18H23N5O5S. The van der Waals surface area contributed by atoms with E-state index in [0.717, 1.165) is 10.7 Å². The second-order valence-corrected chi connectivity index (χ2v) is 7.34. The molecule has 1 saturated heterocycles. The van der Waals surface area contributed by atoms with Crippen LogP contribution in [0.5, 0.6) is 11.6 Å². The average molecular weight is 421 g/mol. The van der Waals surface area contributed by atoms with Gasteiger partial charge in [0.15, 0.2) is 5.82 Å². The fourth-order valence-corrected chi connectivity index (χ4v) is 3.46. The molecule has 0 unspecified atom stereocenters. The molecule has 10 nitrogen and oxygen atoms in total. The van der Waals surface area contributed by atoms with Gasteiger partial charge in [0.1, 0.15) is 12.4 Å². The van der Waals surface area contributed by atoms with Crippen LogP contribution in [-0.2, 0) is 0 Å². The van der Waals surface area contributed by atoms with Crippen molar-refractivity contribution in [2.75, 3.05) is 37.9 Å². The van der Waals surface area contributed by atoms with E-state index in [0.29, 0.717) is 49.1 Å². The molecule has 1 fully saturated rings. The molecule has 29 heavy (non-hydrogen) atoms. The largest absolute Gasteiger partial charge is 0.489 e. The number of aliphatic hydroxyl groups excluding tert-OH is 1. The van der Waals surface area contributed by atoms with Gasteiger partial charge in [0.2, 0.25) is 5.75 Å². The van der Waals surface area contributed by atoms with Crippen molar-refractivity contribution < 1.29 is 24.5 Å². The van der Waals surface area contributed by atoms with Gasteiger partial charge < -0.3 is 29.9 Å². The molecule has 0 atom stereocenters. The molecule has 0 aromatic carbocycles. The summed E-state index contributed by atoms with van der Waals surface area (Å²) in [7, 11) is 1.51. The summed E-state index contributed by atoms with van der Waals surface area (Å²) >= 11 is 1.47. The van der Waals surface area contributed by atoms with Crippen molar-refractivity contribution in [1.29, 1.82) is 0 Å². The summed E-state index contributed by atoms with van der Waals surface area (Å²) in [5.74, 6) is 1.71. The number of likely N-dealkylation sites (tertiary alicyclic amines) is 1. The fourth-order valence-electron chi connectivity index (χ4n) is 2.86. The topological polar surface area (TPSA) is 130 Å². The molecule has 3 rings (SSSR count). The van der Waals surface area contributed by atoms with Gasteiger partial charge in [0.25, 0.3) is 5.88 Å². The van der Waals surface area contributed by atoms with Crippen LogP contribution in [0, 0.1) is 0 Å². The third-order valence-corrected chi connectivity index (χ3v) is 5.23.